The molecular formula is C27H26Cl3F3N2O3. The van der Waals surface area contributed by atoms with Crippen LogP contribution in [0.2, 0.25) is 15.1 Å². The number of hydrogen-bond acceptors (Lipinski definition) is 4. The molecule has 0 bridgehead atoms. The molecule has 1 aliphatic rings. The summed E-state index contributed by atoms with van der Waals surface area (Å²) in [6.07, 6.45) is -8.35. The van der Waals surface area contributed by atoms with Crippen LogP contribution in [0.5, 0.6) is 5.88 Å². The third-order valence-electron chi connectivity index (χ3n) is 5.64. The number of aliphatic hydroxyl groups excluding tert-OH is 1. The molecule has 1 aliphatic heterocycles. The fourth-order valence-electron chi connectivity index (χ4n) is 3.76. The average molecular weight is 590 g/mol. The lowest BCUT2D eigenvalue weighted by molar-refractivity contribution is -0.206. The molecule has 0 fully saturated rings. The Kier molecular flexibility index (Phi) is 9.57. The molecule has 0 saturated carbocycles. The zero-order valence-corrected chi connectivity index (χ0v) is 23.0. The number of aliphatic hydroxyl groups is 1. The molecule has 2 aromatic carbocycles. The third-order valence-corrected chi connectivity index (χ3v) is 6.44. The highest BCUT2D eigenvalue weighted by atomic mass is 35.5. The number of nitrogens with zero attached hydrogens (tertiary/aromatic N) is 1. The second-order valence-corrected chi connectivity index (χ2v) is 10.7. The van der Waals surface area contributed by atoms with E-state index in [1.807, 2.05) is 31.2 Å². The molecule has 2 heterocycles. The summed E-state index contributed by atoms with van der Waals surface area (Å²) in [6.45, 7) is 5.60. The largest absolute Gasteiger partial charge is 0.471 e. The van der Waals surface area contributed by atoms with Gasteiger partial charge in [-0.05, 0) is 63.2 Å². The Balaban J connectivity index is 0.000000427. The summed E-state index contributed by atoms with van der Waals surface area (Å²) in [6, 6.07) is 15.5. The number of aryl methyl sites for hydroxylation is 1. The first-order valence-electron chi connectivity index (χ1n) is 11.6. The summed E-state index contributed by atoms with van der Waals surface area (Å²) in [5, 5.41) is 13.4. The highest BCUT2D eigenvalue weighted by molar-refractivity contribution is 6.36. The van der Waals surface area contributed by atoms with Crippen LogP contribution in [-0.4, -0.2) is 33.9 Å². The Labute approximate surface area is 233 Å². The summed E-state index contributed by atoms with van der Waals surface area (Å²) in [5.74, 6) is -0.672. The first-order valence-corrected chi connectivity index (χ1v) is 12.7. The minimum absolute atomic E-state index is 0.247. The van der Waals surface area contributed by atoms with Crippen LogP contribution in [0, 0.1) is 6.92 Å². The molecule has 0 radical (unpaired) electrons. The second-order valence-electron chi connectivity index (χ2n) is 9.46. The minimum Gasteiger partial charge on any atom is -0.471 e. The van der Waals surface area contributed by atoms with Crippen molar-refractivity contribution in [3.05, 3.63) is 80.8 Å². The van der Waals surface area contributed by atoms with E-state index in [9.17, 15) is 18.0 Å². The summed E-state index contributed by atoms with van der Waals surface area (Å²) < 4.78 is 43.5. The number of hydrogen-bond donors (Lipinski definition) is 2. The molecule has 1 aromatic heterocycles. The molecule has 0 aliphatic carbocycles. The van der Waals surface area contributed by atoms with Crippen LogP contribution in [0.25, 0.3) is 11.3 Å². The van der Waals surface area contributed by atoms with E-state index in [0.717, 1.165) is 5.02 Å². The molecule has 0 spiro atoms. The van der Waals surface area contributed by atoms with E-state index in [-0.39, 0.29) is 5.88 Å². The van der Waals surface area contributed by atoms with Crippen LogP contribution in [0.3, 0.4) is 0 Å². The first kappa shape index (κ1) is 30.0. The lowest BCUT2D eigenvalue weighted by atomic mass is 9.90. The van der Waals surface area contributed by atoms with Crippen LogP contribution in [0.1, 0.15) is 43.9 Å². The second kappa shape index (κ2) is 12.1. The maximum Gasteiger partial charge on any atom is 0.414 e. The quantitative estimate of drug-likeness (QED) is 0.327. The Hall–Kier alpha value is -2.52. The fraction of sp³-hybridized carbons (Fsp3) is 0.333. The number of ether oxygens (including phenoxy) is 1. The topological polar surface area (TPSA) is 71.5 Å². The number of halogens is 6. The number of alkyl halides is 3. The minimum atomic E-state index is -4.86. The normalized spacial score (nSPS) is 16.8. The van der Waals surface area contributed by atoms with Gasteiger partial charge in [0, 0.05) is 27.6 Å². The van der Waals surface area contributed by atoms with Gasteiger partial charge in [0.2, 0.25) is 11.8 Å². The standard InChI is InChI=1S/C20H19Cl2F3N2O3.C7H7Cl/c1-19(2)9-15(26-17(29)8-16(28)20(23,24)25)12-5-6-14(27-18(12)30-19)11-4-3-10(21)7-13(11)22;1-6-2-4-7(8)5-3-6/h3-7,15-16,28H,8-9H2,1-2H3,(H,26,29);2-5H,1H3. The van der Waals surface area contributed by atoms with Crippen molar-refractivity contribution in [1.29, 1.82) is 0 Å². The third kappa shape index (κ3) is 8.24. The van der Waals surface area contributed by atoms with Crippen LogP contribution in [0.4, 0.5) is 13.2 Å². The zero-order valence-electron chi connectivity index (χ0n) is 20.7. The van der Waals surface area contributed by atoms with Crippen LogP contribution in [-0.2, 0) is 4.79 Å². The monoisotopic (exact) mass is 588 g/mol. The lowest BCUT2D eigenvalue weighted by Gasteiger charge is -2.37. The summed E-state index contributed by atoms with van der Waals surface area (Å²) in [4.78, 5) is 16.6. The smallest absolute Gasteiger partial charge is 0.414 e. The molecule has 1 amide bonds. The number of amides is 1. The van der Waals surface area contributed by atoms with Crippen molar-refractivity contribution in [3.63, 3.8) is 0 Å². The Morgan fingerprint density at radius 1 is 1.11 bits per heavy atom. The number of fused-ring (bicyclic) bond motifs is 1. The Bertz CT molecular complexity index is 1260. The highest BCUT2D eigenvalue weighted by Gasteiger charge is 2.41. The van der Waals surface area contributed by atoms with Crippen molar-refractivity contribution in [1.82, 2.24) is 10.3 Å². The van der Waals surface area contributed by atoms with Crippen molar-refractivity contribution >= 4 is 40.7 Å². The van der Waals surface area contributed by atoms with Gasteiger partial charge >= 0.3 is 6.18 Å². The van der Waals surface area contributed by atoms with Gasteiger partial charge < -0.3 is 15.2 Å². The van der Waals surface area contributed by atoms with Crippen LogP contribution < -0.4 is 10.1 Å². The predicted molar refractivity (Wildman–Crippen MR) is 143 cm³/mol. The van der Waals surface area contributed by atoms with Crippen LogP contribution in [0.15, 0.2) is 54.6 Å². The summed E-state index contributed by atoms with van der Waals surface area (Å²) >= 11 is 17.8. The van der Waals surface area contributed by atoms with Gasteiger partial charge in [-0.15, -0.1) is 0 Å². The van der Waals surface area contributed by atoms with E-state index in [1.54, 1.807) is 44.2 Å². The van der Waals surface area contributed by atoms with Crippen molar-refractivity contribution in [3.8, 4) is 17.1 Å². The molecule has 2 atom stereocenters. The highest BCUT2D eigenvalue weighted by Crippen LogP contribution is 2.40. The Morgan fingerprint density at radius 3 is 2.32 bits per heavy atom. The van der Waals surface area contributed by atoms with Gasteiger partial charge in [-0.3, -0.25) is 4.79 Å². The van der Waals surface area contributed by atoms with Gasteiger partial charge in [0.15, 0.2) is 6.10 Å². The molecule has 38 heavy (non-hydrogen) atoms. The van der Waals surface area contributed by atoms with Gasteiger partial charge in [-0.2, -0.15) is 13.2 Å². The molecule has 5 nitrogen and oxygen atoms in total. The van der Waals surface area contributed by atoms with E-state index < -0.39 is 36.3 Å². The van der Waals surface area contributed by atoms with Crippen molar-refractivity contribution < 1.29 is 27.8 Å². The molecule has 204 valence electrons. The number of rotatable bonds is 4. The van der Waals surface area contributed by atoms with Crippen molar-refractivity contribution in [2.45, 2.75) is 57.5 Å². The predicted octanol–water partition coefficient (Wildman–Crippen LogP) is 7.74. The average Bonchev–Trinajstić information content (AvgIpc) is 2.79. The first-order chi connectivity index (χ1) is 17.6. The number of nitrogens with one attached hydrogen (secondary N) is 1. The molecule has 11 heteroatoms. The number of aromatic nitrogens is 1. The summed E-state index contributed by atoms with van der Waals surface area (Å²) in [7, 11) is 0. The maximum absolute atomic E-state index is 12.5. The molecule has 4 rings (SSSR count). The van der Waals surface area contributed by atoms with Gasteiger partial charge in [0.05, 0.1) is 23.2 Å². The molecule has 3 aromatic rings. The molecule has 2 unspecified atom stereocenters. The fourth-order valence-corrected chi connectivity index (χ4v) is 4.39. The molecular weight excluding hydrogens is 564 g/mol. The van der Waals surface area contributed by atoms with E-state index in [1.165, 1.54) is 5.56 Å². The van der Waals surface area contributed by atoms with E-state index >= 15 is 0 Å². The van der Waals surface area contributed by atoms with Gasteiger partial charge in [-0.1, -0.05) is 52.5 Å². The Morgan fingerprint density at radius 2 is 1.74 bits per heavy atom. The number of carbonyl (C=O) groups is 1. The molecule has 2 N–H and O–H groups in total. The van der Waals surface area contributed by atoms with Crippen LogP contribution >= 0.6 is 34.8 Å². The lowest BCUT2D eigenvalue weighted by Crippen LogP contribution is -2.43. The van der Waals surface area contributed by atoms with Crippen molar-refractivity contribution in [2.75, 3.05) is 0 Å². The van der Waals surface area contributed by atoms with Gasteiger partial charge in [0.1, 0.15) is 5.60 Å². The SMILES string of the molecule is CC1(C)CC(NC(=O)CC(O)C(F)(F)F)c2ccc(-c3ccc(Cl)cc3Cl)nc2O1.Cc1ccc(Cl)cc1. The van der Waals surface area contributed by atoms with E-state index in [4.69, 9.17) is 44.6 Å². The molecule has 0 saturated heterocycles. The van der Waals surface area contributed by atoms with Gasteiger partial charge in [0.25, 0.3) is 0 Å². The number of benzene rings is 2. The maximum atomic E-state index is 12.5. The number of carbonyl (C=O) groups excluding carboxylic acids is 1. The van der Waals surface area contributed by atoms with E-state index in [0.29, 0.717) is 33.3 Å². The van der Waals surface area contributed by atoms with E-state index in [2.05, 4.69) is 10.3 Å². The number of pyridine rings is 1. The summed E-state index contributed by atoms with van der Waals surface area (Å²) in [5.41, 5.74) is 2.19. The van der Waals surface area contributed by atoms with Gasteiger partial charge in [-0.25, -0.2) is 4.98 Å². The zero-order chi connectivity index (χ0) is 28.3. The van der Waals surface area contributed by atoms with Crippen molar-refractivity contribution in [2.24, 2.45) is 0 Å².